The van der Waals surface area contributed by atoms with Gasteiger partial charge in [-0.15, -0.1) is 11.6 Å². The first-order chi connectivity index (χ1) is 10.1. The second-order valence-electron chi connectivity index (χ2n) is 4.96. The van der Waals surface area contributed by atoms with E-state index in [1.165, 1.54) is 4.90 Å². The highest BCUT2D eigenvalue weighted by atomic mass is 35.5. The van der Waals surface area contributed by atoms with E-state index in [0.717, 1.165) is 12.8 Å². The predicted octanol–water partition coefficient (Wildman–Crippen LogP) is 1.07. The summed E-state index contributed by atoms with van der Waals surface area (Å²) in [6.07, 6.45) is 2.48. The molecule has 0 aromatic rings. The lowest BCUT2D eigenvalue weighted by molar-refractivity contribution is -0.152. The lowest BCUT2D eigenvalue weighted by atomic mass is 10.1. The molecule has 2 amide bonds. The van der Waals surface area contributed by atoms with Crippen molar-refractivity contribution < 1.29 is 19.1 Å². The summed E-state index contributed by atoms with van der Waals surface area (Å²) in [6, 6.07) is -0.768. The SMILES string of the molecule is CCCCOC(=O)CC1C(=O)NCCN1C(=O)CCCCl. The Morgan fingerprint density at radius 2 is 2.19 bits per heavy atom. The van der Waals surface area contributed by atoms with Crippen LogP contribution in [-0.4, -0.2) is 54.3 Å². The number of carbonyl (C=O) groups is 3. The summed E-state index contributed by atoms with van der Waals surface area (Å²) in [7, 11) is 0. The Kier molecular flexibility index (Phi) is 8.12. The van der Waals surface area contributed by atoms with E-state index in [2.05, 4.69) is 5.32 Å². The van der Waals surface area contributed by atoms with Crippen LogP contribution in [0.3, 0.4) is 0 Å². The number of unbranched alkanes of at least 4 members (excludes halogenated alkanes) is 1. The van der Waals surface area contributed by atoms with Crippen molar-refractivity contribution in [3.05, 3.63) is 0 Å². The van der Waals surface area contributed by atoms with Crippen LogP contribution in [0.1, 0.15) is 39.0 Å². The summed E-state index contributed by atoms with van der Waals surface area (Å²) in [5.41, 5.74) is 0. The number of alkyl halides is 1. The number of piperazine rings is 1. The number of nitrogens with zero attached hydrogens (tertiary/aromatic N) is 1. The fourth-order valence-corrected chi connectivity index (χ4v) is 2.26. The number of halogens is 1. The van der Waals surface area contributed by atoms with Crippen LogP contribution in [0.5, 0.6) is 0 Å². The number of carbonyl (C=O) groups excluding carboxylic acids is 3. The Balaban J connectivity index is 2.57. The lowest BCUT2D eigenvalue weighted by Gasteiger charge is -2.34. The molecule has 1 unspecified atom stereocenters. The van der Waals surface area contributed by atoms with Crippen molar-refractivity contribution >= 4 is 29.4 Å². The van der Waals surface area contributed by atoms with E-state index in [-0.39, 0.29) is 24.7 Å². The van der Waals surface area contributed by atoms with E-state index in [1.807, 2.05) is 6.92 Å². The molecule has 7 heteroatoms. The van der Waals surface area contributed by atoms with Crippen LogP contribution in [0.2, 0.25) is 0 Å². The quantitative estimate of drug-likeness (QED) is 0.412. The third-order valence-electron chi connectivity index (χ3n) is 3.30. The maximum Gasteiger partial charge on any atom is 0.308 e. The van der Waals surface area contributed by atoms with Gasteiger partial charge in [0.2, 0.25) is 11.8 Å². The minimum Gasteiger partial charge on any atom is -0.466 e. The molecule has 1 aliphatic heterocycles. The van der Waals surface area contributed by atoms with Crippen molar-refractivity contribution in [2.45, 2.75) is 45.1 Å². The summed E-state index contributed by atoms with van der Waals surface area (Å²) in [5, 5.41) is 2.68. The molecule has 1 rings (SSSR count). The number of hydrogen-bond donors (Lipinski definition) is 1. The Morgan fingerprint density at radius 1 is 1.43 bits per heavy atom. The van der Waals surface area contributed by atoms with Gasteiger partial charge >= 0.3 is 5.97 Å². The Hall–Kier alpha value is -1.30. The molecule has 1 fully saturated rings. The summed E-state index contributed by atoms with van der Waals surface area (Å²) in [4.78, 5) is 37.2. The van der Waals surface area contributed by atoms with E-state index >= 15 is 0 Å². The molecule has 0 bridgehead atoms. The van der Waals surface area contributed by atoms with E-state index in [0.29, 0.717) is 32.0 Å². The molecular formula is C14H23ClN2O4. The average Bonchev–Trinajstić information content (AvgIpc) is 2.47. The summed E-state index contributed by atoms with van der Waals surface area (Å²) in [6.45, 7) is 3.18. The van der Waals surface area contributed by atoms with Gasteiger partial charge in [-0.2, -0.15) is 0 Å². The van der Waals surface area contributed by atoms with Gasteiger partial charge in [-0.1, -0.05) is 13.3 Å². The van der Waals surface area contributed by atoms with Crippen LogP contribution in [0.4, 0.5) is 0 Å². The van der Waals surface area contributed by atoms with Gasteiger partial charge in [0.15, 0.2) is 0 Å². The van der Waals surface area contributed by atoms with Crippen LogP contribution in [0.15, 0.2) is 0 Å². The van der Waals surface area contributed by atoms with Crippen molar-refractivity contribution in [3.63, 3.8) is 0 Å². The fraction of sp³-hybridized carbons (Fsp3) is 0.786. The van der Waals surface area contributed by atoms with Crippen molar-refractivity contribution in [2.75, 3.05) is 25.6 Å². The Labute approximate surface area is 130 Å². The largest absolute Gasteiger partial charge is 0.466 e. The van der Waals surface area contributed by atoms with Crippen LogP contribution in [0, 0.1) is 0 Å². The van der Waals surface area contributed by atoms with E-state index in [9.17, 15) is 14.4 Å². The molecule has 0 radical (unpaired) electrons. The van der Waals surface area contributed by atoms with Gasteiger partial charge in [-0.3, -0.25) is 14.4 Å². The van der Waals surface area contributed by atoms with E-state index in [4.69, 9.17) is 16.3 Å². The molecule has 1 N–H and O–H groups in total. The molecule has 0 aliphatic carbocycles. The fourth-order valence-electron chi connectivity index (χ4n) is 2.12. The highest BCUT2D eigenvalue weighted by molar-refractivity contribution is 6.17. The predicted molar refractivity (Wildman–Crippen MR) is 78.9 cm³/mol. The van der Waals surface area contributed by atoms with Crippen LogP contribution in [-0.2, 0) is 19.1 Å². The normalized spacial score (nSPS) is 18.3. The van der Waals surface area contributed by atoms with Gasteiger partial charge in [-0.05, 0) is 12.8 Å². The van der Waals surface area contributed by atoms with Crippen molar-refractivity contribution in [1.82, 2.24) is 10.2 Å². The second kappa shape index (κ2) is 9.60. The lowest BCUT2D eigenvalue weighted by Crippen LogP contribution is -2.57. The zero-order valence-corrected chi connectivity index (χ0v) is 13.2. The first-order valence-electron chi connectivity index (χ1n) is 7.39. The minimum absolute atomic E-state index is 0.0951. The van der Waals surface area contributed by atoms with Crippen molar-refractivity contribution in [1.29, 1.82) is 0 Å². The number of nitrogens with one attached hydrogen (secondary N) is 1. The molecule has 0 saturated carbocycles. The maximum absolute atomic E-state index is 12.1. The van der Waals surface area contributed by atoms with E-state index in [1.54, 1.807) is 0 Å². The van der Waals surface area contributed by atoms with Crippen LogP contribution in [0.25, 0.3) is 0 Å². The molecule has 0 spiro atoms. The van der Waals surface area contributed by atoms with Crippen LogP contribution >= 0.6 is 11.6 Å². The zero-order chi connectivity index (χ0) is 15.7. The Bertz CT molecular complexity index is 376. The van der Waals surface area contributed by atoms with Gasteiger partial charge in [0.05, 0.1) is 13.0 Å². The summed E-state index contributed by atoms with van der Waals surface area (Å²) >= 11 is 5.58. The minimum atomic E-state index is -0.768. The van der Waals surface area contributed by atoms with Crippen molar-refractivity contribution in [2.24, 2.45) is 0 Å². The van der Waals surface area contributed by atoms with Gasteiger partial charge in [0, 0.05) is 25.4 Å². The molecule has 120 valence electrons. The number of esters is 1. The third kappa shape index (κ3) is 5.91. The maximum atomic E-state index is 12.1. The first kappa shape index (κ1) is 17.8. The molecule has 6 nitrogen and oxygen atoms in total. The summed E-state index contributed by atoms with van der Waals surface area (Å²) < 4.78 is 5.06. The molecule has 1 aliphatic rings. The molecule has 1 heterocycles. The smallest absolute Gasteiger partial charge is 0.308 e. The van der Waals surface area contributed by atoms with Gasteiger partial charge in [0.1, 0.15) is 6.04 Å². The first-order valence-corrected chi connectivity index (χ1v) is 7.92. The highest BCUT2D eigenvalue weighted by Crippen LogP contribution is 2.13. The zero-order valence-electron chi connectivity index (χ0n) is 12.4. The standard InChI is InChI=1S/C14H23ClN2O4/c1-2-3-9-21-13(19)10-11-14(20)16-7-8-17(11)12(18)5-4-6-15/h11H,2-10H2,1H3,(H,16,20). The monoisotopic (exact) mass is 318 g/mol. The second-order valence-corrected chi connectivity index (χ2v) is 5.34. The van der Waals surface area contributed by atoms with Crippen molar-refractivity contribution in [3.8, 4) is 0 Å². The molecule has 0 aromatic carbocycles. The van der Waals surface area contributed by atoms with Gasteiger partial charge < -0.3 is 15.0 Å². The van der Waals surface area contributed by atoms with E-state index < -0.39 is 12.0 Å². The number of amides is 2. The molecule has 1 atom stereocenters. The molecule has 0 aromatic heterocycles. The summed E-state index contributed by atoms with van der Waals surface area (Å²) in [5.74, 6) is -0.486. The van der Waals surface area contributed by atoms with Gasteiger partial charge in [-0.25, -0.2) is 0 Å². The molecule has 1 saturated heterocycles. The van der Waals surface area contributed by atoms with Gasteiger partial charge in [0.25, 0.3) is 0 Å². The molecular weight excluding hydrogens is 296 g/mol. The molecule has 21 heavy (non-hydrogen) atoms. The Morgan fingerprint density at radius 3 is 2.86 bits per heavy atom. The average molecular weight is 319 g/mol. The number of ether oxygens (including phenoxy) is 1. The number of rotatable bonds is 8. The topological polar surface area (TPSA) is 75.7 Å². The van der Waals surface area contributed by atoms with Crippen LogP contribution < -0.4 is 5.32 Å². The number of hydrogen-bond acceptors (Lipinski definition) is 4. The highest BCUT2D eigenvalue weighted by Gasteiger charge is 2.34. The third-order valence-corrected chi connectivity index (χ3v) is 3.56.